The summed E-state index contributed by atoms with van der Waals surface area (Å²) in [4.78, 5) is 13.5. The van der Waals surface area contributed by atoms with Gasteiger partial charge in [0.05, 0.1) is 9.48 Å². The lowest BCUT2D eigenvalue weighted by molar-refractivity contribution is -0.119. The van der Waals surface area contributed by atoms with Crippen molar-refractivity contribution in [3.63, 3.8) is 0 Å². The molecule has 2 aromatic rings. The minimum atomic E-state index is -3.76. The van der Waals surface area contributed by atoms with Crippen molar-refractivity contribution in [2.45, 2.75) is 49.1 Å². The van der Waals surface area contributed by atoms with Gasteiger partial charge in [0.2, 0.25) is 15.9 Å². The van der Waals surface area contributed by atoms with E-state index in [2.05, 4.69) is 11.4 Å². The Labute approximate surface area is 193 Å². The van der Waals surface area contributed by atoms with Gasteiger partial charge in [0, 0.05) is 23.7 Å². The molecule has 5 nitrogen and oxygen atoms in total. The van der Waals surface area contributed by atoms with Crippen LogP contribution in [0.2, 0.25) is 0 Å². The molecule has 2 saturated heterocycles. The number of amides is 1. The number of nitrogens with one attached hydrogen (secondary N) is 1. The van der Waals surface area contributed by atoms with Crippen LogP contribution in [0.4, 0.5) is 5.69 Å². The standard InChI is InChI=1S/C23H28N2O3S3/c1-15-12-16(2)21(17(3)13-15)31(27,28)25-9-5-8-20(25)22(26)24-19-7-4-6-18(14-19)23-29-10-11-30-23/h4,6-7,12-14,20,23H,5,8-11H2,1-3H3,(H,24,26). The van der Waals surface area contributed by atoms with Crippen molar-refractivity contribution in [1.82, 2.24) is 4.31 Å². The van der Waals surface area contributed by atoms with Crippen molar-refractivity contribution in [2.24, 2.45) is 0 Å². The van der Waals surface area contributed by atoms with E-state index in [1.807, 2.05) is 74.6 Å². The minimum Gasteiger partial charge on any atom is -0.325 e. The number of carbonyl (C=O) groups excluding carboxylic acids is 1. The van der Waals surface area contributed by atoms with Crippen LogP contribution in [-0.2, 0) is 14.8 Å². The first-order valence-corrected chi connectivity index (χ1v) is 14.0. The molecule has 4 rings (SSSR count). The van der Waals surface area contributed by atoms with Gasteiger partial charge in [0.1, 0.15) is 6.04 Å². The number of benzene rings is 2. The van der Waals surface area contributed by atoms with E-state index in [0.29, 0.717) is 28.9 Å². The number of hydrogen-bond acceptors (Lipinski definition) is 5. The third-order valence-corrected chi connectivity index (χ3v) is 11.0. The molecule has 0 aliphatic carbocycles. The molecule has 166 valence electrons. The lowest BCUT2D eigenvalue weighted by Crippen LogP contribution is -2.43. The number of nitrogens with zero attached hydrogens (tertiary/aromatic N) is 1. The summed E-state index contributed by atoms with van der Waals surface area (Å²) in [5.74, 6) is 2.02. The molecule has 2 aliphatic heterocycles. The maximum atomic E-state index is 13.5. The molecule has 1 atom stereocenters. The number of hydrogen-bond donors (Lipinski definition) is 1. The van der Waals surface area contributed by atoms with E-state index in [1.165, 1.54) is 9.87 Å². The second-order valence-corrected chi connectivity index (χ2v) is 12.7. The number of thioether (sulfide) groups is 2. The number of carbonyl (C=O) groups is 1. The highest BCUT2D eigenvalue weighted by Crippen LogP contribution is 2.45. The zero-order chi connectivity index (χ0) is 22.2. The van der Waals surface area contributed by atoms with Crippen molar-refractivity contribution < 1.29 is 13.2 Å². The quantitative estimate of drug-likeness (QED) is 0.666. The monoisotopic (exact) mass is 476 g/mol. The van der Waals surface area contributed by atoms with Crippen LogP contribution in [0.5, 0.6) is 0 Å². The normalized spacial score (nSPS) is 20.3. The van der Waals surface area contributed by atoms with Gasteiger partial charge in [-0.3, -0.25) is 4.79 Å². The van der Waals surface area contributed by atoms with Crippen molar-refractivity contribution in [3.05, 3.63) is 58.7 Å². The number of aryl methyl sites for hydroxylation is 3. The van der Waals surface area contributed by atoms with E-state index in [4.69, 9.17) is 0 Å². The predicted octanol–water partition coefficient (Wildman–Crippen LogP) is 4.88. The first-order valence-electron chi connectivity index (χ1n) is 10.5. The molecule has 0 saturated carbocycles. The van der Waals surface area contributed by atoms with Gasteiger partial charge in [-0.2, -0.15) is 4.31 Å². The molecule has 1 amide bonds. The summed E-state index contributed by atoms with van der Waals surface area (Å²) in [7, 11) is -3.76. The second kappa shape index (κ2) is 9.17. The van der Waals surface area contributed by atoms with Crippen molar-refractivity contribution in [2.75, 3.05) is 23.4 Å². The average Bonchev–Trinajstić information content (AvgIpc) is 3.39. The van der Waals surface area contributed by atoms with Crippen LogP contribution < -0.4 is 5.32 Å². The Morgan fingerprint density at radius 1 is 1.06 bits per heavy atom. The molecule has 1 N–H and O–H groups in total. The summed E-state index contributed by atoms with van der Waals surface area (Å²) in [5.41, 5.74) is 4.39. The summed E-state index contributed by atoms with van der Waals surface area (Å²) in [6.45, 7) is 5.97. The Kier molecular flexibility index (Phi) is 6.72. The molecule has 2 aromatic carbocycles. The van der Waals surface area contributed by atoms with Gasteiger partial charge in [0.25, 0.3) is 0 Å². The van der Waals surface area contributed by atoms with Crippen molar-refractivity contribution in [3.8, 4) is 0 Å². The van der Waals surface area contributed by atoms with Gasteiger partial charge in [-0.05, 0) is 62.4 Å². The molecule has 2 aliphatic rings. The van der Waals surface area contributed by atoms with Crippen LogP contribution in [-0.4, -0.2) is 42.7 Å². The molecular weight excluding hydrogens is 448 g/mol. The highest BCUT2D eigenvalue weighted by atomic mass is 32.2. The molecular formula is C23H28N2O3S3. The Bertz CT molecular complexity index is 1070. The second-order valence-electron chi connectivity index (χ2n) is 8.19. The van der Waals surface area contributed by atoms with Gasteiger partial charge in [0.15, 0.2) is 0 Å². The lowest BCUT2D eigenvalue weighted by atomic mass is 10.1. The van der Waals surface area contributed by atoms with Crippen LogP contribution in [0.15, 0.2) is 41.3 Å². The van der Waals surface area contributed by atoms with Gasteiger partial charge < -0.3 is 5.32 Å². The minimum absolute atomic E-state index is 0.257. The first kappa shape index (κ1) is 22.7. The Morgan fingerprint density at radius 2 is 1.74 bits per heavy atom. The fourth-order valence-corrected chi connectivity index (χ4v) is 9.43. The van der Waals surface area contributed by atoms with E-state index < -0.39 is 16.1 Å². The fraction of sp³-hybridized carbons (Fsp3) is 0.435. The van der Waals surface area contributed by atoms with E-state index >= 15 is 0 Å². The summed E-state index contributed by atoms with van der Waals surface area (Å²) >= 11 is 3.83. The van der Waals surface area contributed by atoms with Crippen LogP contribution in [0, 0.1) is 20.8 Å². The Morgan fingerprint density at radius 3 is 2.42 bits per heavy atom. The molecule has 0 radical (unpaired) electrons. The zero-order valence-corrected chi connectivity index (χ0v) is 20.5. The first-order chi connectivity index (χ1) is 14.8. The molecule has 2 heterocycles. The van der Waals surface area contributed by atoms with Crippen molar-refractivity contribution >= 4 is 45.1 Å². The van der Waals surface area contributed by atoms with Crippen molar-refractivity contribution in [1.29, 1.82) is 0 Å². The molecule has 0 spiro atoms. The highest BCUT2D eigenvalue weighted by Gasteiger charge is 2.40. The van der Waals surface area contributed by atoms with Gasteiger partial charge in [-0.15, -0.1) is 23.5 Å². The maximum Gasteiger partial charge on any atom is 0.244 e. The Balaban J connectivity index is 1.56. The Hall–Kier alpha value is -1.48. The van der Waals surface area contributed by atoms with Crippen LogP contribution in [0.25, 0.3) is 0 Å². The third kappa shape index (κ3) is 4.67. The predicted molar refractivity (Wildman–Crippen MR) is 130 cm³/mol. The summed E-state index contributed by atoms with van der Waals surface area (Å²) in [6, 6.07) is 11.0. The third-order valence-electron chi connectivity index (χ3n) is 5.73. The molecule has 0 bridgehead atoms. The van der Waals surface area contributed by atoms with E-state index in [1.54, 1.807) is 0 Å². The molecule has 2 fully saturated rings. The van der Waals surface area contributed by atoms with Gasteiger partial charge in [-0.1, -0.05) is 29.8 Å². The fourth-order valence-electron chi connectivity index (χ4n) is 4.52. The van der Waals surface area contributed by atoms with Crippen LogP contribution in [0.1, 0.15) is 39.7 Å². The van der Waals surface area contributed by atoms with Crippen LogP contribution >= 0.6 is 23.5 Å². The average molecular weight is 477 g/mol. The molecule has 1 unspecified atom stereocenters. The van der Waals surface area contributed by atoms with E-state index in [-0.39, 0.29) is 5.91 Å². The highest BCUT2D eigenvalue weighted by molar-refractivity contribution is 8.19. The van der Waals surface area contributed by atoms with Gasteiger partial charge in [-0.25, -0.2) is 8.42 Å². The van der Waals surface area contributed by atoms with Gasteiger partial charge >= 0.3 is 0 Å². The zero-order valence-electron chi connectivity index (χ0n) is 18.1. The van der Waals surface area contributed by atoms with E-state index in [9.17, 15) is 13.2 Å². The summed E-state index contributed by atoms with van der Waals surface area (Å²) in [5, 5.41) is 2.98. The smallest absolute Gasteiger partial charge is 0.244 e. The lowest BCUT2D eigenvalue weighted by Gasteiger charge is -2.25. The largest absolute Gasteiger partial charge is 0.325 e. The van der Waals surface area contributed by atoms with E-state index in [0.717, 1.165) is 33.9 Å². The van der Waals surface area contributed by atoms with Crippen LogP contribution in [0.3, 0.4) is 0 Å². The molecule has 31 heavy (non-hydrogen) atoms. The molecule has 8 heteroatoms. The molecule has 0 aromatic heterocycles. The SMILES string of the molecule is Cc1cc(C)c(S(=O)(=O)N2CCCC2C(=O)Nc2cccc(C3SCCS3)c2)c(C)c1. The number of sulfonamides is 1. The summed E-state index contributed by atoms with van der Waals surface area (Å²) < 4.78 is 28.8. The topological polar surface area (TPSA) is 66.5 Å². The maximum absolute atomic E-state index is 13.5. The number of rotatable bonds is 5. The summed E-state index contributed by atoms with van der Waals surface area (Å²) in [6.07, 6.45) is 1.21. The number of anilines is 1.